The van der Waals surface area contributed by atoms with Crippen molar-refractivity contribution in [2.24, 2.45) is 0 Å². The Labute approximate surface area is 118 Å². The van der Waals surface area contributed by atoms with Gasteiger partial charge in [-0.1, -0.05) is 23.2 Å². The number of halogens is 2. The van der Waals surface area contributed by atoms with Gasteiger partial charge in [0.15, 0.2) is 0 Å². The molecule has 0 bridgehead atoms. The third-order valence-corrected chi connectivity index (χ3v) is 4.47. The lowest BCUT2D eigenvalue weighted by molar-refractivity contribution is 0.400. The summed E-state index contributed by atoms with van der Waals surface area (Å²) >= 11 is 11.5. The van der Waals surface area contributed by atoms with Gasteiger partial charge >= 0.3 is 0 Å². The Kier molecular flexibility index (Phi) is 5.88. The predicted molar refractivity (Wildman–Crippen MR) is 74.8 cm³/mol. The monoisotopic (exact) mass is 310 g/mol. The smallest absolute Gasteiger partial charge is 0.240 e. The van der Waals surface area contributed by atoms with Gasteiger partial charge in [0.2, 0.25) is 10.0 Å². The van der Waals surface area contributed by atoms with Crippen LogP contribution in [0.15, 0.2) is 23.1 Å². The van der Waals surface area contributed by atoms with Gasteiger partial charge < -0.3 is 4.90 Å². The highest BCUT2D eigenvalue weighted by molar-refractivity contribution is 7.89. The predicted octanol–water partition coefficient (Wildman–Crippen LogP) is 2.22. The summed E-state index contributed by atoms with van der Waals surface area (Å²) in [6.07, 6.45) is 0.744. The molecule has 102 valence electrons. The largest absolute Gasteiger partial charge is 0.309 e. The van der Waals surface area contributed by atoms with Crippen LogP contribution in [0.1, 0.15) is 6.42 Å². The average molecular weight is 311 g/mol. The molecule has 1 N–H and O–H groups in total. The Morgan fingerprint density at radius 2 is 1.89 bits per heavy atom. The maximum Gasteiger partial charge on any atom is 0.240 e. The van der Waals surface area contributed by atoms with Gasteiger partial charge in [-0.25, -0.2) is 13.1 Å². The van der Waals surface area contributed by atoms with Crippen molar-refractivity contribution in [1.82, 2.24) is 9.62 Å². The zero-order chi connectivity index (χ0) is 13.8. The highest BCUT2D eigenvalue weighted by Crippen LogP contribution is 2.24. The standard InChI is InChI=1S/C11H16Cl2N2O2S/c1-15(2)7-3-6-14-18(16,17)9-4-5-10(12)11(13)8-9/h4-5,8,14H,3,6-7H2,1-2H3. The van der Waals surface area contributed by atoms with Gasteiger partial charge in [0.05, 0.1) is 14.9 Å². The molecule has 0 saturated heterocycles. The second kappa shape index (κ2) is 6.73. The van der Waals surface area contributed by atoms with Gasteiger partial charge in [-0.3, -0.25) is 0 Å². The molecule has 7 heteroatoms. The summed E-state index contributed by atoms with van der Waals surface area (Å²) in [7, 11) is 0.367. The van der Waals surface area contributed by atoms with Crippen molar-refractivity contribution >= 4 is 33.2 Å². The third kappa shape index (κ3) is 4.74. The van der Waals surface area contributed by atoms with E-state index in [4.69, 9.17) is 23.2 Å². The Morgan fingerprint density at radius 3 is 2.44 bits per heavy atom. The Morgan fingerprint density at radius 1 is 1.22 bits per heavy atom. The summed E-state index contributed by atoms with van der Waals surface area (Å²) in [4.78, 5) is 2.12. The van der Waals surface area contributed by atoms with E-state index in [9.17, 15) is 8.42 Å². The summed E-state index contributed by atoms with van der Waals surface area (Å²) in [5.41, 5.74) is 0. The molecule has 1 aromatic rings. The van der Waals surface area contributed by atoms with Crippen LogP contribution in [0.2, 0.25) is 10.0 Å². The first-order valence-corrected chi connectivity index (χ1v) is 7.66. The maximum absolute atomic E-state index is 11.9. The van der Waals surface area contributed by atoms with Crippen molar-refractivity contribution < 1.29 is 8.42 Å². The Hall–Kier alpha value is -0.330. The van der Waals surface area contributed by atoms with Crippen LogP contribution in [0, 0.1) is 0 Å². The second-order valence-corrected chi connectivity index (χ2v) is 6.71. The lowest BCUT2D eigenvalue weighted by Crippen LogP contribution is -2.27. The Bertz CT molecular complexity index is 504. The van der Waals surface area contributed by atoms with E-state index >= 15 is 0 Å². The van der Waals surface area contributed by atoms with E-state index in [0.29, 0.717) is 11.6 Å². The zero-order valence-corrected chi connectivity index (χ0v) is 12.6. The van der Waals surface area contributed by atoms with Gasteiger partial charge in [-0.2, -0.15) is 0 Å². The normalized spacial score (nSPS) is 12.1. The molecule has 0 aromatic heterocycles. The summed E-state index contributed by atoms with van der Waals surface area (Å²) in [5, 5.41) is 0.566. The van der Waals surface area contributed by atoms with Crippen molar-refractivity contribution in [3.8, 4) is 0 Å². The van der Waals surface area contributed by atoms with Crippen LogP contribution in [0.5, 0.6) is 0 Å². The van der Waals surface area contributed by atoms with Crippen LogP contribution in [0.25, 0.3) is 0 Å². The van der Waals surface area contributed by atoms with E-state index in [1.807, 2.05) is 19.0 Å². The molecule has 1 aromatic carbocycles. The molecule has 1 rings (SSSR count). The lowest BCUT2D eigenvalue weighted by Gasteiger charge is -2.10. The fraction of sp³-hybridized carbons (Fsp3) is 0.455. The number of nitrogens with one attached hydrogen (secondary N) is 1. The van der Waals surface area contributed by atoms with Crippen molar-refractivity contribution in [3.05, 3.63) is 28.2 Å². The molecule has 0 aliphatic carbocycles. The van der Waals surface area contributed by atoms with Crippen LogP contribution < -0.4 is 4.72 Å². The molecular formula is C11H16Cl2N2O2S. The molecule has 0 heterocycles. The van der Waals surface area contributed by atoms with E-state index in [1.54, 1.807) is 0 Å². The first-order chi connectivity index (χ1) is 8.33. The minimum Gasteiger partial charge on any atom is -0.309 e. The molecule has 0 aliphatic heterocycles. The fourth-order valence-corrected chi connectivity index (χ4v) is 2.79. The van der Waals surface area contributed by atoms with Crippen LogP contribution in [0.4, 0.5) is 0 Å². The van der Waals surface area contributed by atoms with Gasteiger partial charge in [0.1, 0.15) is 0 Å². The Balaban J connectivity index is 2.66. The molecular weight excluding hydrogens is 295 g/mol. The van der Waals surface area contributed by atoms with Crippen molar-refractivity contribution in [2.75, 3.05) is 27.2 Å². The summed E-state index contributed by atoms with van der Waals surface area (Å²) in [5.74, 6) is 0. The minimum absolute atomic E-state index is 0.127. The number of sulfonamides is 1. The molecule has 0 saturated carbocycles. The summed E-state index contributed by atoms with van der Waals surface area (Å²) < 4.78 is 26.3. The molecule has 0 spiro atoms. The average Bonchev–Trinajstić information content (AvgIpc) is 2.28. The molecule has 18 heavy (non-hydrogen) atoms. The van der Waals surface area contributed by atoms with Crippen LogP contribution in [0.3, 0.4) is 0 Å². The quantitative estimate of drug-likeness (QED) is 0.820. The first kappa shape index (κ1) is 15.7. The van der Waals surface area contributed by atoms with E-state index in [2.05, 4.69) is 4.72 Å². The molecule has 0 aliphatic rings. The van der Waals surface area contributed by atoms with Gasteiger partial charge in [0.25, 0.3) is 0 Å². The minimum atomic E-state index is -3.51. The molecule has 0 amide bonds. The molecule has 0 fully saturated rings. The summed E-state index contributed by atoms with van der Waals surface area (Å²) in [6.45, 7) is 1.21. The number of nitrogens with zero attached hydrogens (tertiary/aromatic N) is 1. The highest BCUT2D eigenvalue weighted by Gasteiger charge is 2.14. The number of rotatable bonds is 6. The van der Waals surface area contributed by atoms with Gasteiger partial charge in [-0.05, 0) is 45.3 Å². The highest BCUT2D eigenvalue weighted by atomic mass is 35.5. The number of hydrogen-bond donors (Lipinski definition) is 1. The van der Waals surface area contributed by atoms with E-state index in [-0.39, 0.29) is 9.92 Å². The number of hydrogen-bond acceptors (Lipinski definition) is 3. The van der Waals surface area contributed by atoms with Crippen molar-refractivity contribution in [2.45, 2.75) is 11.3 Å². The van der Waals surface area contributed by atoms with E-state index < -0.39 is 10.0 Å². The lowest BCUT2D eigenvalue weighted by atomic mass is 10.4. The van der Waals surface area contributed by atoms with E-state index in [0.717, 1.165) is 13.0 Å². The third-order valence-electron chi connectivity index (χ3n) is 2.28. The fourth-order valence-electron chi connectivity index (χ4n) is 1.33. The van der Waals surface area contributed by atoms with Crippen LogP contribution in [-0.4, -0.2) is 40.5 Å². The van der Waals surface area contributed by atoms with Crippen LogP contribution >= 0.6 is 23.2 Å². The number of benzene rings is 1. The van der Waals surface area contributed by atoms with Crippen LogP contribution in [-0.2, 0) is 10.0 Å². The second-order valence-electron chi connectivity index (χ2n) is 4.13. The SMILES string of the molecule is CN(C)CCCNS(=O)(=O)c1ccc(Cl)c(Cl)c1. The van der Waals surface area contributed by atoms with Gasteiger partial charge in [0, 0.05) is 6.54 Å². The topological polar surface area (TPSA) is 49.4 Å². The summed E-state index contributed by atoms with van der Waals surface area (Å²) in [6, 6.07) is 4.25. The van der Waals surface area contributed by atoms with Crippen molar-refractivity contribution in [1.29, 1.82) is 0 Å². The molecule has 0 atom stereocenters. The van der Waals surface area contributed by atoms with E-state index in [1.165, 1.54) is 18.2 Å². The van der Waals surface area contributed by atoms with Gasteiger partial charge in [-0.15, -0.1) is 0 Å². The first-order valence-electron chi connectivity index (χ1n) is 5.42. The molecule has 0 radical (unpaired) electrons. The molecule has 4 nitrogen and oxygen atoms in total. The molecule has 0 unspecified atom stereocenters. The maximum atomic E-state index is 11.9. The van der Waals surface area contributed by atoms with Crippen molar-refractivity contribution in [3.63, 3.8) is 0 Å². The zero-order valence-electron chi connectivity index (χ0n) is 10.3.